The first-order valence-corrected chi connectivity index (χ1v) is 29.6. The van der Waals surface area contributed by atoms with Crippen LogP contribution in [0, 0.1) is 0 Å². The van der Waals surface area contributed by atoms with Crippen LogP contribution in [0.2, 0.25) is 0 Å². The van der Waals surface area contributed by atoms with Crippen LogP contribution in [0.4, 0.5) is 0 Å². The van der Waals surface area contributed by atoms with Gasteiger partial charge in [-0.1, -0.05) is 162 Å². The summed E-state index contributed by atoms with van der Waals surface area (Å²) in [5, 5.41) is 120. The molecule has 81 heavy (non-hydrogen) atoms. The molecule has 0 aliphatic carbocycles. The highest BCUT2D eigenvalue weighted by Gasteiger charge is 2.53. The van der Waals surface area contributed by atoms with E-state index in [2.05, 4.69) is 104 Å². The Morgan fingerprint density at radius 2 is 0.864 bits per heavy atom. The molecular weight excluding hydrogens is 1050 g/mol. The van der Waals surface area contributed by atoms with Gasteiger partial charge in [-0.3, -0.25) is 4.79 Å². The summed E-state index contributed by atoms with van der Waals surface area (Å²) >= 11 is 0. The predicted molar refractivity (Wildman–Crippen MR) is 309 cm³/mol. The van der Waals surface area contributed by atoms with Gasteiger partial charge in [0, 0.05) is 6.42 Å². The lowest BCUT2D eigenvalue weighted by atomic mass is 9.96. The van der Waals surface area contributed by atoms with Gasteiger partial charge < -0.3 is 89.9 Å². The lowest BCUT2D eigenvalue weighted by Gasteiger charge is -2.48. The molecule has 0 radical (unpaired) electrons. The first kappa shape index (κ1) is 71.7. The number of aliphatic hydroxyl groups excluding tert-OH is 11. The Kier molecular flexibility index (Phi) is 39.0. The maximum absolute atomic E-state index is 13.3. The number of hydrogen-bond donors (Lipinski definition) is 12. The zero-order valence-corrected chi connectivity index (χ0v) is 48.0. The Hall–Kier alpha value is -3.55. The second-order valence-electron chi connectivity index (χ2n) is 20.7. The first-order chi connectivity index (χ1) is 39.3. The summed E-state index contributed by atoms with van der Waals surface area (Å²) in [7, 11) is 0. The Bertz CT molecular complexity index is 1900. The molecule has 19 nitrogen and oxygen atoms in total. The summed E-state index contributed by atoms with van der Waals surface area (Å²) in [5.74, 6) is -0.350. The number of ether oxygens (including phenoxy) is 6. The molecule has 0 aromatic heterocycles. The van der Waals surface area contributed by atoms with Gasteiger partial charge in [-0.15, -0.1) is 0 Å². The lowest BCUT2D eigenvalue weighted by Crippen LogP contribution is -2.66. The minimum Gasteiger partial charge on any atom is -0.394 e. The molecule has 3 aliphatic rings. The van der Waals surface area contributed by atoms with Gasteiger partial charge in [-0.25, -0.2) is 0 Å². The Balaban J connectivity index is 1.52. The minimum absolute atomic E-state index is 0.148. The molecule has 17 atom stereocenters. The number of nitrogens with one attached hydrogen (secondary N) is 1. The summed E-state index contributed by atoms with van der Waals surface area (Å²) < 4.78 is 34.1. The number of allylic oxidation sites excluding steroid dienone is 17. The molecular formula is C62H101NO18. The van der Waals surface area contributed by atoms with Gasteiger partial charge >= 0.3 is 0 Å². The number of amides is 1. The molecule has 0 bridgehead atoms. The fourth-order valence-electron chi connectivity index (χ4n) is 9.19. The third-order valence-corrected chi connectivity index (χ3v) is 14.1. The Labute approximate surface area is 481 Å². The third kappa shape index (κ3) is 27.8. The Morgan fingerprint density at radius 3 is 1.38 bits per heavy atom. The molecule has 0 aromatic carbocycles. The van der Waals surface area contributed by atoms with Crippen molar-refractivity contribution in [3.05, 3.63) is 109 Å². The van der Waals surface area contributed by atoms with Crippen molar-refractivity contribution in [3.63, 3.8) is 0 Å². The zero-order chi connectivity index (χ0) is 59.0. The van der Waals surface area contributed by atoms with E-state index in [0.29, 0.717) is 19.3 Å². The second-order valence-corrected chi connectivity index (χ2v) is 20.7. The molecule has 3 saturated heterocycles. The standard InChI is InChI=1S/C62H101NO18/c1-3-5-7-9-11-13-15-17-18-19-20-21-22-23-24-25-26-28-30-32-34-36-38-40-50(68)63-45(46(67)39-37-35-33-31-29-27-16-14-12-10-8-6-4-2)44-76-60-56(74)53(71)58(48(42-65)78-60)81-62-57(75)54(72)59(49(43-66)79-62)80-61-55(73)52(70)51(69)47(41-64)77-61/h5,7,11,13,17-18,20-21,23-24,26,28-29,31-32,34,37,39,45-49,51-62,64-67,69-75H,3-4,6,8-10,12,14-16,19,22,25,27,30,33,35-36,38,40-44H2,1-2H3,(H,63,68)/b7-5-,13-11-,18-17-,21-20-,24-23-,28-26-,31-29+,34-32-,39-37+. The maximum atomic E-state index is 13.3. The van der Waals surface area contributed by atoms with E-state index in [0.717, 1.165) is 64.2 Å². The highest BCUT2D eigenvalue weighted by molar-refractivity contribution is 5.76. The van der Waals surface area contributed by atoms with Crippen LogP contribution in [-0.2, 0) is 33.2 Å². The highest BCUT2D eigenvalue weighted by atomic mass is 16.8. The van der Waals surface area contributed by atoms with E-state index in [-0.39, 0.29) is 12.3 Å². The summed E-state index contributed by atoms with van der Waals surface area (Å²) in [5.41, 5.74) is 0. The zero-order valence-electron chi connectivity index (χ0n) is 48.0. The molecule has 0 aromatic rings. The van der Waals surface area contributed by atoms with Gasteiger partial charge in [0.05, 0.1) is 38.6 Å². The number of hydrogen-bond acceptors (Lipinski definition) is 18. The van der Waals surface area contributed by atoms with Crippen molar-refractivity contribution < 1.29 is 89.4 Å². The maximum Gasteiger partial charge on any atom is 0.220 e. The highest BCUT2D eigenvalue weighted by Crippen LogP contribution is 2.33. The van der Waals surface area contributed by atoms with Crippen LogP contribution in [-0.4, -0.2) is 193 Å². The third-order valence-electron chi connectivity index (χ3n) is 14.1. The van der Waals surface area contributed by atoms with E-state index in [1.54, 1.807) is 6.08 Å². The van der Waals surface area contributed by atoms with Crippen LogP contribution < -0.4 is 5.32 Å². The van der Waals surface area contributed by atoms with Crippen molar-refractivity contribution in [1.29, 1.82) is 0 Å². The molecule has 3 fully saturated rings. The molecule has 3 rings (SSSR count). The van der Waals surface area contributed by atoms with Crippen LogP contribution in [0.1, 0.15) is 142 Å². The largest absolute Gasteiger partial charge is 0.394 e. The molecule has 3 aliphatic heterocycles. The number of carbonyl (C=O) groups excluding carboxylic acids is 1. The van der Waals surface area contributed by atoms with Crippen LogP contribution in [0.25, 0.3) is 0 Å². The normalized spacial score (nSPS) is 30.6. The lowest BCUT2D eigenvalue weighted by molar-refractivity contribution is -0.379. The van der Waals surface area contributed by atoms with Crippen molar-refractivity contribution in [3.8, 4) is 0 Å². The molecule has 0 spiro atoms. The summed E-state index contributed by atoms with van der Waals surface area (Å²) in [6.45, 7) is 1.49. The van der Waals surface area contributed by atoms with E-state index >= 15 is 0 Å². The van der Waals surface area contributed by atoms with Crippen LogP contribution in [0.5, 0.6) is 0 Å². The predicted octanol–water partition coefficient (Wildman–Crippen LogP) is 5.14. The van der Waals surface area contributed by atoms with Gasteiger partial charge in [-0.2, -0.15) is 0 Å². The van der Waals surface area contributed by atoms with E-state index in [9.17, 15) is 61.0 Å². The van der Waals surface area contributed by atoms with Gasteiger partial charge in [0.15, 0.2) is 18.9 Å². The van der Waals surface area contributed by atoms with Gasteiger partial charge in [0.1, 0.15) is 73.2 Å². The fourth-order valence-corrected chi connectivity index (χ4v) is 9.19. The van der Waals surface area contributed by atoms with E-state index in [4.69, 9.17) is 28.4 Å². The molecule has 19 heteroatoms. The minimum atomic E-state index is -1.99. The monoisotopic (exact) mass is 1150 g/mol. The quantitative estimate of drug-likeness (QED) is 0.0278. The smallest absolute Gasteiger partial charge is 0.220 e. The molecule has 17 unspecified atom stereocenters. The Morgan fingerprint density at radius 1 is 0.457 bits per heavy atom. The number of carbonyl (C=O) groups is 1. The fraction of sp³-hybridized carbons (Fsp3) is 0.694. The second kappa shape index (κ2) is 44.0. The van der Waals surface area contributed by atoms with Crippen LogP contribution in [0.15, 0.2) is 109 Å². The van der Waals surface area contributed by atoms with Crippen molar-refractivity contribution in [2.75, 3.05) is 26.4 Å². The van der Waals surface area contributed by atoms with Crippen molar-refractivity contribution in [2.24, 2.45) is 0 Å². The summed E-state index contributed by atoms with van der Waals surface area (Å²) in [4.78, 5) is 13.3. The number of rotatable bonds is 41. The van der Waals surface area contributed by atoms with Crippen molar-refractivity contribution in [2.45, 2.75) is 247 Å². The topological polar surface area (TPSA) is 307 Å². The SMILES string of the molecule is CC/C=C\C/C=C\C/C=C\C/C=C\C/C=C\C/C=C\C/C=C\CCCC(=O)NC(COC1OC(CO)C(OC2OC(CO)C(OC3OC(CO)C(O)C(O)C3O)C(O)C2O)C(O)C1O)C(O)/C=C/CC/C=C/CCCCCCCCC. The van der Waals surface area contributed by atoms with Crippen molar-refractivity contribution >= 4 is 5.91 Å². The average molecular weight is 1150 g/mol. The van der Waals surface area contributed by atoms with Crippen molar-refractivity contribution in [1.82, 2.24) is 5.32 Å². The molecule has 3 heterocycles. The number of aliphatic hydroxyl groups is 11. The molecule has 12 N–H and O–H groups in total. The molecule has 1 amide bonds. The van der Waals surface area contributed by atoms with E-state index in [1.165, 1.54) is 38.5 Å². The van der Waals surface area contributed by atoms with Crippen LogP contribution >= 0.6 is 0 Å². The van der Waals surface area contributed by atoms with Gasteiger partial charge in [0.2, 0.25) is 5.91 Å². The van der Waals surface area contributed by atoms with Crippen LogP contribution in [0.3, 0.4) is 0 Å². The average Bonchev–Trinajstić information content (AvgIpc) is 3.57. The summed E-state index contributed by atoms with van der Waals surface area (Å²) in [6, 6.07) is -1.03. The van der Waals surface area contributed by atoms with E-state index in [1.807, 2.05) is 18.2 Å². The molecule has 0 saturated carbocycles. The summed E-state index contributed by atoms with van der Waals surface area (Å²) in [6.07, 6.45) is 29.4. The van der Waals surface area contributed by atoms with E-state index < -0.39 is 131 Å². The number of unbranched alkanes of at least 4 members (excludes halogenated alkanes) is 9. The van der Waals surface area contributed by atoms with Gasteiger partial charge in [-0.05, 0) is 83.5 Å². The van der Waals surface area contributed by atoms with Gasteiger partial charge in [0.25, 0.3) is 0 Å². The molecule has 462 valence electrons. The first-order valence-electron chi connectivity index (χ1n) is 29.6.